The fraction of sp³-hybridized carbons (Fsp3) is 0.312. The van der Waals surface area contributed by atoms with E-state index in [1.807, 2.05) is 0 Å². The molecule has 6 nitrogen and oxygen atoms in total. The average Bonchev–Trinajstić information content (AvgIpc) is 3.05. The van der Waals surface area contributed by atoms with Crippen LogP contribution in [-0.4, -0.2) is 45.2 Å². The molecule has 120 valence electrons. The number of carbonyl (C=O) groups is 2. The number of H-pyrrole nitrogens is 1. The Labute approximate surface area is 131 Å². The number of aromatic nitrogens is 2. The summed E-state index contributed by atoms with van der Waals surface area (Å²) in [5.74, 6) is -2.00. The van der Waals surface area contributed by atoms with Crippen LogP contribution < -0.4 is 0 Å². The van der Waals surface area contributed by atoms with Crippen molar-refractivity contribution in [3.63, 3.8) is 0 Å². The number of rotatable bonds is 3. The Kier molecular flexibility index (Phi) is 4.10. The van der Waals surface area contributed by atoms with E-state index in [1.54, 1.807) is 18.2 Å². The first-order valence-corrected chi connectivity index (χ1v) is 7.38. The minimum atomic E-state index is -0.876. The Morgan fingerprint density at radius 1 is 1.30 bits per heavy atom. The summed E-state index contributed by atoms with van der Waals surface area (Å²) < 4.78 is 12.9. The maximum atomic E-state index is 12.9. The number of carboxylic acid groups (broad SMARTS) is 1. The lowest BCUT2D eigenvalue weighted by atomic mass is 9.98. The van der Waals surface area contributed by atoms with E-state index in [1.165, 1.54) is 17.0 Å². The second-order valence-electron chi connectivity index (χ2n) is 5.60. The third-order valence-electron chi connectivity index (χ3n) is 4.01. The van der Waals surface area contributed by atoms with E-state index in [0.717, 1.165) is 0 Å². The Morgan fingerprint density at radius 3 is 2.74 bits per heavy atom. The van der Waals surface area contributed by atoms with Crippen molar-refractivity contribution in [3.8, 4) is 11.3 Å². The lowest BCUT2D eigenvalue weighted by Crippen LogP contribution is -2.42. The van der Waals surface area contributed by atoms with Crippen LogP contribution in [0.5, 0.6) is 0 Å². The molecule has 3 rings (SSSR count). The third-order valence-corrected chi connectivity index (χ3v) is 4.01. The van der Waals surface area contributed by atoms with Crippen molar-refractivity contribution in [3.05, 3.63) is 41.8 Å². The van der Waals surface area contributed by atoms with Crippen LogP contribution in [0.15, 0.2) is 30.3 Å². The highest BCUT2D eigenvalue weighted by Gasteiger charge is 2.29. The number of aromatic amines is 1. The van der Waals surface area contributed by atoms with Crippen molar-refractivity contribution in [1.29, 1.82) is 0 Å². The SMILES string of the molecule is O=C(O)[C@H]1CCCN(C(=O)c2cc(-c3ccc(F)cc3)n[nH]2)C1. The van der Waals surface area contributed by atoms with Crippen LogP contribution in [0.2, 0.25) is 0 Å². The van der Waals surface area contributed by atoms with Gasteiger partial charge in [0.15, 0.2) is 0 Å². The van der Waals surface area contributed by atoms with Gasteiger partial charge in [0.05, 0.1) is 11.6 Å². The topological polar surface area (TPSA) is 86.3 Å². The van der Waals surface area contributed by atoms with Crippen LogP contribution in [0, 0.1) is 11.7 Å². The molecule has 1 saturated heterocycles. The molecule has 1 aliphatic rings. The number of piperidine rings is 1. The predicted octanol–water partition coefficient (Wildman–Crippen LogP) is 2.15. The molecule has 1 atom stereocenters. The van der Waals surface area contributed by atoms with Gasteiger partial charge >= 0.3 is 5.97 Å². The number of likely N-dealkylation sites (tertiary alicyclic amines) is 1. The van der Waals surface area contributed by atoms with Gasteiger partial charge in [-0.3, -0.25) is 14.7 Å². The monoisotopic (exact) mass is 317 g/mol. The zero-order chi connectivity index (χ0) is 16.4. The van der Waals surface area contributed by atoms with Gasteiger partial charge in [0.25, 0.3) is 5.91 Å². The summed E-state index contributed by atoms with van der Waals surface area (Å²) in [7, 11) is 0. The van der Waals surface area contributed by atoms with Crippen molar-refractivity contribution in [1.82, 2.24) is 15.1 Å². The molecule has 1 amide bonds. The number of benzene rings is 1. The highest BCUT2D eigenvalue weighted by molar-refractivity contribution is 5.93. The highest BCUT2D eigenvalue weighted by Crippen LogP contribution is 2.21. The van der Waals surface area contributed by atoms with Gasteiger partial charge in [0.2, 0.25) is 0 Å². The van der Waals surface area contributed by atoms with E-state index in [2.05, 4.69) is 10.2 Å². The number of hydrogen-bond acceptors (Lipinski definition) is 3. The molecule has 1 fully saturated rings. The lowest BCUT2D eigenvalue weighted by Gasteiger charge is -2.30. The molecular formula is C16H16FN3O3. The van der Waals surface area contributed by atoms with Crippen molar-refractivity contribution in [2.45, 2.75) is 12.8 Å². The number of aliphatic carboxylic acids is 1. The summed E-state index contributed by atoms with van der Waals surface area (Å²) in [5, 5.41) is 15.8. The van der Waals surface area contributed by atoms with Gasteiger partial charge in [-0.15, -0.1) is 0 Å². The van der Waals surface area contributed by atoms with Crippen molar-refractivity contribution < 1.29 is 19.1 Å². The second-order valence-corrected chi connectivity index (χ2v) is 5.60. The molecule has 0 radical (unpaired) electrons. The van der Waals surface area contributed by atoms with Gasteiger partial charge in [0, 0.05) is 18.7 Å². The van der Waals surface area contributed by atoms with E-state index in [4.69, 9.17) is 5.11 Å². The molecular weight excluding hydrogens is 301 g/mol. The maximum absolute atomic E-state index is 12.9. The fourth-order valence-corrected chi connectivity index (χ4v) is 2.73. The maximum Gasteiger partial charge on any atom is 0.308 e. The summed E-state index contributed by atoms with van der Waals surface area (Å²) in [4.78, 5) is 25.1. The van der Waals surface area contributed by atoms with Crippen LogP contribution in [0.25, 0.3) is 11.3 Å². The molecule has 0 bridgehead atoms. The smallest absolute Gasteiger partial charge is 0.308 e. The molecule has 23 heavy (non-hydrogen) atoms. The van der Waals surface area contributed by atoms with E-state index < -0.39 is 11.9 Å². The van der Waals surface area contributed by atoms with Gasteiger partial charge < -0.3 is 10.0 Å². The largest absolute Gasteiger partial charge is 0.481 e. The van der Waals surface area contributed by atoms with Crippen LogP contribution in [0.1, 0.15) is 23.3 Å². The van der Waals surface area contributed by atoms with Crippen molar-refractivity contribution in [2.24, 2.45) is 5.92 Å². The van der Waals surface area contributed by atoms with Gasteiger partial charge in [-0.1, -0.05) is 0 Å². The van der Waals surface area contributed by atoms with Crippen LogP contribution in [-0.2, 0) is 4.79 Å². The first-order chi connectivity index (χ1) is 11.0. The zero-order valence-corrected chi connectivity index (χ0v) is 12.3. The summed E-state index contributed by atoms with van der Waals surface area (Å²) in [6.07, 6.45) is 1.25. The number of amides is 1. The Hall–Kier alpha value is -2.70. The Balaban J connectivity index is 1.75. The van der Waals surface area contributed by atoms with Gasteiger partial charge in [-0.05, 0) is 43.2 Å². The molecule has 1 aromatic carbocycles. The lowest BCUT2D eigenvalue weighted by molar-refractivity contribution is -0.143. The quantitative estimate of drug-likeness (QED) is 0.908. The van der Waals surface area contributed by atoms with Gasteiger partial charge in [0.1, 0.15) is 11.5 Å². The average molecular weight is 317 g/mol. The Morgan fingerprint density at radius 2 is 2.04 bits per heavy atom. The molecule has 0 unspecified atom stereocenters. The van der Waals surface area contributed by atoms with Crippen LogP contribution >= 0.6 is 0 Å². The van der Waals surface area contributed by atoms with Crippen LogP contribution in [0.4, 0.5) is 4.39 Å². The molecule has 0 aliphatic carbocycles. The molecule has 0 spiro atoms. The minimum Gasteiger partial charge on any atom is -0.481 e. The zero-order valence-electron chi connectivity index (χ0n) is 12.3. The molecule has 2 aromatic rings. The van der Waals surface area contributed by atoms with E-state index >= 15 is 0 Å². The molecule has 1 aromatic heterocycles. The first kappa shape index (κ1) is 15.2. The molecule has 7 heteroatoms. The Bertz CT molecular complexity index is 726. The minimum absolute atomic E-state index is 0.207. The first-order valence-electron chi connectivity index (χ1n) is 7.38. The highest BCUT2D eigenvalue weighted by atomic mass is 19.1. The molecule has 2 N–H and O–H groups in total. The summed E-state index contributed by atoms with van der Waals surface area (Å²) in [5.41, 5.74) is 1.54. The number of hydrogen-bond donors (Lipinski definition) is 2. The predicted molar refractivity (Wildman–Crippen MR) is 80.2 cm³/mol. The normalized spacial score (nSPS) is 18.0. The van der Waals surface area contributed by atoms with Crippen molar-refractivity contribution in [2.75, 3.05) is 13.1 Å². The molecule has 1 aliphatic heterocycles. The van der Waals surface area contributed by atoms with E-state index in [9.17, 15) is 14.0 Å². The molecule has 0 saturated carbocycles. The third kappa shape index (κ3) is 3.23. The summed E-state index contributed by atoms with van der Waals surface area (Å²) in [6, 6.07) is 7.42. The van der Waals surface area contributed by atoms with Crippen molar-refractivity contribution >= 4 is 11.9 Å². The van der Waals surface area contributed by atoms with E-state index in [-0.39, 0.29) is 18.3 Å². The number of halogens is 1. The second kappa shape index (κ2) is 6.20. The number of nitrogens with zero attached hydrogens (tertiary/aromatic N) is 2. The number of carbonyl (C=O) groups excluding carboxylic acids is 1. The molecule has 2 heterocycles. The van der Waals surface area contributed by atoms with Crippen LogP contribution in [0.3, 0.4) is 0 Å². The number of nitrogens with one attached hydrogen (secondary N) is 1. The van der Waals surface area contributed by atoms with Gasteiger partial charge in [-0.25, -0.2) is 4.39 Å². The summed E-state index contributed by atoms with van der Waals surface area (Å²) in [6.45, 7) is 0.743. The summed E-state index contributed by atoms with van der Waals surface area (Å²) >= 11 is 0. The fourth-order valence-electron chi connectivity index (χ4n) is 2.73. The standard InChI is InChI=1S/C16H16FN3O3/c17-12-5-3-10(4-6-12)13-8-14(19-18-13)15(21)20-7-1-2-11(9-20)16(22)23/h3-6,8,11H,1-2,7,9H2,(H,18,19)(H,22,23)/t11-/m0/s1. The number of carboxylic acids is 1. The van der Waals surface area contributed by atoms with E-state index in [0.29, 0.717) is 36.3 Å². The van der Waals surface area contributed by atoms with Gasteiger partial charge in [-0.2, -0.15) is 5.10 Å².